The standard InChI is InChI=1S/C10H10BrClN2O2/c11-8-2-1-7(10(12)13-8)14-4-6(5-15)3-9(14)16/h1-2,6,15H,3-5H2. The number of pyridine rings is 1. The van der Waals surface area contributed by atoms with Gasteiger partial charge in [0.05, 0.1) is 5.69 Å². The average molecular weight is 306 g/mol. The van der Waals surface area contributed by atoms with Gasteiger partial charge in [0.1, 0.15) is 4.60 Å². The molecule has 4 nitrogen and oxygen atoms in total. The van der Waals surface area contributed by atoms with Gasteiger partial charge in [-0.1, -0.05) is 11.6 Å². The van der Waals surface area contributed by atoms with Crippen molar-refractivity contribution in [3.8, 4) is 0 Å². The fourth-order valence-corrected chi connectivity index (χ4v) is 2.41. The van der Waals surface area contributed by atoms with Gasteiger partial charge in [-0.2, -0.15) is 0 Å². The minimum atomic E-state index is -0.0231. The highest BCUT2D eigenvalue weighted by Gasteiger charge is 2.31. The van der Waals surface area contributed by atoms with E-state index in [1.807, 2.05) is 0 Å². The highest BCUT2D eigenvalue weighted by atomic mass is 79.9. The molecule has 16 heavy (non-hydrogen) atoms. The lowest BCUT2D eigenvalue weighted by atomic mass is 10.1. The van der Waals surface area contributed by atoms with Crippen LogP contribution in [-0.2, 0) is 4.79 Å². The Labute approximate surface area is 106 Å². The molecular weight excluding hydrogens is 295 g/mol. The van der Waals surface area contributed by atoms with Crippen molar-refractivity contribution in [2.45, 2.75) is 6.42 Å². The molecule has 1 unspecified atom stereocenters. The molecule has 0 bridgehead atoms. The molecule has 0 saturated carbocycles. The van der Waals surface area contributed by atoms with E-state index in [1.165, 1.54) is 0 Å². The van der Waals surface area contributed by atoms with Crippen LogP contribution in [0.25, 0.3) is 0 Å². The van der Waals surface area contributed by atoms with Crippen LogP contribution in [0.5, 0.6) is 0 Å². The molecule has 1 fully saturated rings. The van der Waals surface area contributed by atoms with Crippen molar-refractivity contribution in [1.29, 1.82) is 0 Å². The predicted molar refractivity (Wildman–Crippen MR) is 64.5 cm³/mol. The Balaban J connectivity index is 2.28. The van der Waals surface area contributed by atoms with E-state index < -0.39 is 0 Å². The molecule has 0 aliphatic carbocycles. The zero-order valence-corrected chi connectivity index (χ0v) is 10.7. The maximum Gasteiger partial charge on any atom is 0.227 e. The summed E-state index contributed by atoms with van der Waals surface area (Å²) >= 11 is 9.17. The number of hydrogen-bond donors (Lipinski definition) is 1. The first-order valence-electron chi connectivity index (χ1n) is 4.85. The number of aliphatic hydroxyl groups excluding tert-OH is 1. The van der Waals surface area contributed by atoms with Gasteiger partial charge < -0.3 is 10.0 Å². The summed E-state index contributed by atoms with van der Waals surface area (Å²) in [6, 6.07) is 3.48. The molecule has 1 atom stereocenters. The largest absolute Gasteiger partial charge is 0.396 e. The Kier molecular flexibility index (Phi) is 3.47. The predicted octanol–water partition coefficient (Wildman–Crippen LogP) is 1.84. The van der Waals surface area contributed by atoms with Crippen molar-refractivity contribution in [3.05, 3.63) is 21.9 Å². The van der Waals surface area contributed by atoms with E-state index in [-0.39, 0.29) is 18.4 Å². The van der Waals surface area contributed by atoms with Crippen LogP contribution in [0.15, 0.2) is 16.7 Å². The number of anilines is 1. The van der Waals surface area contributed by atoms with Gasteiger partial charge in [-0.3, -0.25) is 4.79 Å². The maximum absolute atomic E-state index is 11.7. The first-order chi connectivity index (χ1) is 7.61. The van der Waals surface area contributed by atoms with Crippen LogP contribution in [-0.4, -0.2) is 29.1 Å². The van der Waals surface area contributed by atoms with E-state index in [9.17, 15) is 4.79 Å². The third kappa shape index (κ3) is 2.21. The smallest absolute Gasteiger partial charge is 0.227 e. The molecule has 1 saturated heterocycles. The number of carbonyl (C=O) groups is 1. The van der Waals surface area contributed by atoms with Crippen LogP contribution in [0.4, 0.5) is 5.69 Å². The van der Waals surface area contributed by atoms with E-state index in [1.54, 1.807) is 17.0 Å². The first kappa shape index (κ1) is 11.8. The van der Waals surface area contributed by atoms with Crippen molar-refractivity contribution < 1.29 is 9.90 Å². The third-order valence-electron chi connectivity index (χ3n) is 2.55. The van der Waals surface area contributed by atoms with Crippen LogP contribution >= 0.6 is 27.5 Å². The molecule has 1 aliphatic rings. The van der Waals surface area contributed by atoms with Gasteiger partial charge in [-0.05, 0) is 28.1 Å². The first-order valence-corrected chi connectivity index (χ1v) is 6.02. The lowest BCUT2D eigenvalue weighted by Gasteiger charge is -2.17. The topological polar surface area (TPSA) is 53.4 Å². The van der Waals surface area contributed by atoms with E-state index in [0.717, 1.165) is 0 Å². The van der Waals surface area contributed by atoms with Gasteiger partial charge in [-0.25, -0.2) is 4.98 Å². The molecule has 1 aromatic rings. The van der Waals surface area contributed by atoms with Gasteiger partial charge in [0, 0.05) is 25.5 Å². The second-order valence-corrected chi connectivity index (χ2v) is 4.87. The molecule has 6 heteroatoms. The lowest BCUT2D eigenvalue weighted by Crippen LogP contribution is -2.25. The molecule has 1 aromatic heterocycles. The molecule has 0 spiro atoms. The number of aliphatic hydroxyl groups is 1. The van der Waals surface area contributed by atoms with Gasteiger partial charge in [0.2, 0.25) is 5.91 Å². The summed E-state index contributed by atoms with van der Waals surface area (Å²) in [6.07, 6.45) is 0.364. The second kappa shape index (κ2) is 4.69. The third-order valence-corrected chi connectivity index (χ3v) is 3.27. The zero-order valence-electron chi connectivity index (χ0n) is 8.36. The van der Waals surface area contributed by atoms with Crippen molar-refractivity contribution >= 4 is 39.1 Å². The fraction of sp³-hybridized carbons (Fsp3) is 0.400. The van der Waals surface area contributed by atoms with Crippen LogP contribution in [0.3, 0.4) is 0 Å². The van der Waals surface area contributed by atoms with Gasteiger partial charge in [-0.15, -0.1) is 0 Å². The van der Waals surface area contributed by atoms with Crippen LogP contribution < -0.4 is 4.90 Å². The maximum atomic E-state index is 11.7. The van der Waals surface area contributed by atoms with Crippen molar-refractivity contribution in [2.75, 3.05) is 18.1 Å². The van der Waals surface area contributed by atoms with Crippen LogP contribution in [0.1, 0.15) is 6.42 Å². The minimum absolute atomic E-state index is 0.00721. The summed E-state index contributed by atoms with van der Waals surface area (Å²) in [7, 11) is 0. The SMILES string of the molecule is O=C1CC(CO)CN1c1ccc(Br)nc1Cl. The summed E-state index contributed by atoms with van der Waals surface area (Å²) in [5.74, 6) is -0.0303. The van der Waals surface area contributed by atoms with Crippen molar-refractivity contribution in [1.82, 2.24) is 4.98 Å². The van der Waals surface area contributed by atoms with E-state index in [2.05, 4.69) is 20.9 Å². The number of nitrogens with zero attached hydrogens (tertiary/aromatic N) is 2. The Hall–Kier alpha value is -0.650. The number of rotatable bonds is 2. The molecule has 1 amide bonds. The Morgan fingerprint density at radius 2 is 2.38 bits per heavy atom. The van der Waals surface area contributed by atoms with E-state index >= 15 is 0 Å². The van der Waals surface area contributed by atoms with Crippen LogP contribution in [0, 0.1) is 5.92 Å². The van der Waals surface area contributed by atoms with Crippen LogP contribution in [0.2, 0.25) is 5.15 Å². The minimum Gasteiger partial charge on any atom is -0.396 e. The summed E-state index contributed by atoms with van der Waals surface area (Å²) in [5.41, 5.74) is 0.603. The monoisotopic (exact) mass is 304 g/mol. The highest BCUT2D eigenvalue weighted by Crippen LogP contribution is 2.30. The van der Waals surface area contributed by atoms with E-state index in [4.69, 9.17) is 16.7 Å². The van der Waals surface area contributed by atoms with Gasteiger partial charge in [0.15, 0.2) is 5.15 Å². The summed E-state index contributed by atoms with van der Waals surface area (Å²) < 4.78 is 0.631. The molecule has 86 valence electrons. The molecule has 1 N–H and O–H groups in total. The normalized spacial score (nSPS) is 20.6. The molecule has 0 aromatic carbocycles. The quantitative estimate of drug-likeness (QED) is 0.848. The number of aromatic nitrogens is 1. The Morgan fingerprint density at radius 1 is 1.62 bits per heavy atom. The van der Waals surface area contributed by atoms with Gasteiger partial charge >= 0.3 is 0 Å². The second-order valence-electron chi connectivity index (χ2n) is 3.70. The summed E-state index contributed by atoms with van der Waals surface area (Å²) in [4.78, 5) is 17.3. The fourth-order valence-electron chi connectivity index (χ4n) is 1.74. The van der Waals surface area contributed by atoms with Crippen molar-refractivity contribution in [3.63, 3.8) is 0 Å². The molecule has 2 heterocycles. The summed E-state index contributed by atoms with van der Waals surface area (Å²) in [6.45, 7) is 0.516. The number of carbonyl (C=O) groups excluding carboxylic acids is 1. The Morgan fingerprint density at radius 3 is 2.94 bits per heavy atom. The molecular formula is C10H10BrClN2O2. The highest BCUT2D eigenvalue weighted by molar-refractivity contribution is 9.10. The van der Waals surface area contributed by atoms with E-state index in [0.29, 0.717) is 28.4 Å². The lowest BCUT2D eigenvalue weighted by molar-refractivity contribution is -0.117. The molecule has 1 aliphatic heterocycles. The number of amides is 1. The zero-order chi connectivity index (χ0) is 11.7. The molecule has 0 radical (unpaired) electrons. The molecule has 2 rings (SSSR count). The number of hydrogen-bond acceptors (Lipinski definition) is 3. The summed E-state index contributed by atoms with van der Waals surface area (Å²) in [5, 5.41) is 9.32. The van der Waals surface area contributed by atoms with Gasteiger partial charge in [0.25, 0.3) is 0 Å². The average Bonchev–Trinajstić information content (AvgIpc) is 2.60. The van der Waals surface area contributed by atoms with Crippen molar-refractivity contribution in [2.24, 2.45) is 5.92 Å². The number of halogens is 2. The Bertz CT molecular complexity index is 427.